The SMILES string of the molecule is Cc1n[nH]c(C)c1NC(=O)c1ccccc1NC(=O)CCC(=O)c1ccccc1. The molecule has 0 atom stereocenters. The van der Waals surface area contributed by atoms with Crippen molar-refractivity contribution in [2.75, 3.05) is 10.6 Å². The molecule has 29 heavy (non-hydrogen) atoms. The van der Waals surface area contributed by atoms with Crippen LogP contribution >= 0.6 is 0 Å². The Bertz CT molecular complexity index is 1020. The second-order valence-electron chi connectivity index (χ2n) is 6.65. The number of carbonyl (C=O) groups is 3. The fourth-order valence-electron chi connectivity index (χ4n) is 2.91. The number of benzene rings is 2. The first-order valence-corrected chi connectivity index (χ1v) is 9.25. The molecule has 0 aliphatic heterocycles. The molecule has 2 amide bonds. The van der Waals surface area contributed by atoms with Gasteiger partial charge in [-0.05, 0) is 26.0 Å². The summed E-state index contributed by atoms with van der Waals surface area (Å²) in [5, 5.41) is 12.4. The van der Waals surface area contributed by atoms with Crippen molar-refractivity contribution in [3.8, 4) is 0 Å². The highest BCUT2D eigenvalue weighted by atomic mass is 16.2. The lowest BCUT2D eigenvalue weighted by molar-refractivity contribution is -0.116. The number of nitrogens with one attached hydrogen (secondary N) is 3. The van der Waals surface area contributed by atoms with Gasteiger partial charge in [-0.3, -0.25) is 19.5 Å². The van der Waals surface area contributed by atoms with Gasteiger partial charge >= 0.3 is 0 Å². The van der Waals surface area contributed by atoms with E-state index in [0.29, 0.717) is 28.2 Å². The van der Waals surface area contributed by atoms with Crippen LogP contribution in [-0.4, -0.2) is 27.8 Å². The smallest absolute Gasteiger partial charge is 0.257 e. The van der Waals surface area contributed by atoms with Gasteiger partial charge in [0.1, 0.15) is 0 Å². The average Bonchev–Trinajstić information content (AvgIpc) is 3.05. The van der Waals surface area contributed by atoms with Crippen LogP contribution in [-0.2, 0) is 4.79 Å². The topological polar surface area (TPSA) is 104 Å². The number of aromatic nitrogens is 2. The van der Waals surface area contributed by atoms with Crippen molar-refractivity contribution in [2.24, 2.45) is 0 Å². The summed E-state index contributed by atoms with van der Waals surface area (Å²) in [4.78, 5) is 37.2. The maximum Gasteiger partial charge on any atom is 0.257 e. The molecule has 3 aromatic rings. The number of amides is 2. The summed E-state index contributed by atoms with van der Waals surface area (Å²) in [7, 11) is 0. The second-order valence-corrected chi connectivity index (χ2v) is 6.65. The predicted octanol–water partition coefficient (Wildman–Crippen LogP) is 3.88. The van der Waals surface area contributed by atoms with Gasteiger partial charge in [0.05, 0.1) is 28.3 Å². The monoisotopic (exact) mass is 390 g/mol. The second kappa shape index (κ2) is 8.97. The summed E-state index contributed by atoms with van der Waals surface area (Å²) in [6, 6.07) is 15.6. The summed E-state index contributed by atoms with van der Waals surface area (Å²) >= 11 is 0. The molecule has 3 N–H and O–H groups in total. The molecule has 0 spiro atoms. The van der Waals surface area contributed by atoms with Gasteiger partial charge < -0.3 is 10.6 Å². The number of hydrogen-bond donors (Lipinski definition) is 3. The number of H-pyrrole nitrogens is 1. The van der Waals surface area contributed by atoms with Crippen molar-refractivity contribution >= 4 is 29.0 Å². The first-order valence-electron chi connectivity index (χ1n) is 9.25. The number of nitrogens with zero attached hydrogens (tertiary/aromatic N) is 1. The van der Waals surface area contributed by atoms with Crippen LogP contribution in [0.15, 0.2) is 54.6 Å². The minimum Gasteiger partial charge on any atom is -0.325 e. The minimum absolute atomic E-state index is 0.0314. The largest absolute Gasteiger partial charge is 0.325 e. The Hall–Kier alpha value is -3.74. The van der Waals surface area contributed by atoms with Crippen LogP contribution in [0.5, 0.6) is 0 Å². The zero-order chi connectivity index (χ0) is 20.8. The van der Waals surface area contributed by atoms with E-state index in [0.717, 1.165) is 5.69 Å². The zero-order valence-electron chi connectivity index (χ0n) is 16.3. The van der Waals surface area contributed by atoms with E-state index in [4.69, 9.17) is 0 Å². The van der Waals surface area contributed by atoms with Gasteiger partial charge in [-0.25, -0.2) is 0 Å². The Morgan fingerprint density at radius 3 is 2.28 bits per heavy atom. The molecule has 0 aliphatic rings. The third-order valence-electron chi connectivity index (χ3n) is 4.49. The van der Waals surface area contributed by atoms with E-state index < -0.39 is 0 Å². The molecule has 1 heterocycles. The standard InChI is InChI=1S/C22H22N4O3/c1-14-21(15(2)26-25-14)24-22(29)17-10-6-7-11-18(17)23-20(28)13-12-19(27)16-8-4-3-5-9-16/h3-11H,12-13H2,1-2H3,(H,23,28)(H,24,29)(H,25,26). The number of rotatable bonds is 7. The lowest BCUT2D eigenvalue weighted by Gasteiger charge is -2.11. The Balaban J connectivity index is 1.65. The molecule has 7 nitrogen and oxygen atoms in total. The van der Waals surface area contributed by atoms with Crippen LogP contribution in [0.2, 0.25) is 0 Å². The number of para-hydroxylation sites is 1. The van der Waals surface area contributed by atoms with E-state index in [9.17, 15) is 14.4 Å². The third-order valence-corrected chi connectivity index (χ3v) is 4.49. The molecule has 3 rings (SSSR count). The first kappa shape index (κ1) is 20.0. The first-order chi connectivity index (χ1) is 14.0. The fraction of sp³-hybridized carbons (Fsp3) is 0.182. The van der Waals surface area contributed by atoms with E-state index in [1.54, 1.807) is 55.5 Å². The molecule has 0 bridgehead atoms. The van der Waals surface area contributed by atoms with Gasteiger partial charge in [-0.1, -0.05) is 42.5 Å². The van der Waals surface area contributed by atoms with Crippen molar-refractivity contribution in [3.63, 3.8) is 0 Å². The zero-order valence-corrected chi connectivity index (χ0v) is 16.3. The van der Waals surface area contributed by atoms with E-state index >= 15 is 0 Å². The van der Waals surface area contributed by atoms with Crippen LogP contribution < -0.4 is 10.6 Å². The van der Waals surface area contributed by atoms with Crippen molar-refractivity contribution < 1.29 is 14.4 Å². The number of aryl methyl sites for hydroxylation is 2. The van der Waals surface area contributed by atoms with E-state index in [2.05, 4.69) is 20.8 Å². The van der Waals surface area contributed by atoms with Crippen molar-refractivity contribution in [3.05, 3.63) is 77.1 Å². The van der Waals surface area contributed by atoms with Gasteiger partial charge in [0.2, 0.25) is 5.91 Å². The number of Topliss-reactive ketones (excluding diaryl/α,β-unsaturated/α-hetero) is 1. The molecule has 7 heteroatoms. The molecular weight excluding hydrogens is 368 g/mol. The van der Waals surface area contributed by atoms with Crippen molar-refractivity contribution in [2.45, 2.75) is 26.7 Å². The molecule has 0 saturated heterocycles. The molecule has 1 aromatic heterocycles. The van der Waals surface area contributed by atoms with Crippen LogP contribution in [0, 0.1) is 13.8 Å². The van der Waals surface area contributed by atoms with Gasteiger partial charge in [-0.15, -0.1) is 0 Å². The van der Waals surface area contributed by atoms with Gasteiger partial charge in [0, 0.05) is 18.4 Å². The van der Waals surface area contributed by atoms with Crippen LogP contribution in [0.4, 0.5) is 11.4 Å². The third kappa shape index (κ3) is 4.95. The predicted molar refractivity (Wildman–Crippen MR) is 111 cm³/mol. The maximum atomic E-state index is 12.7. The van der Waals surface area contributed by atoms with Crippen LogP contribution in [0.3, 0.4) is 0 Å². The van der Waals surface area contributed by atoms with Gasteiger partial charge in [-0.2, -0.15) is 5.10 Å². The van der Waals surface area contributed by atoms with Crippen LogP contribution in [0.25, 0.3) is 0 Å². The molecule has 0 aliphatic carbocycles. The summed E-state index contributed by atoms with van der Waals surface area (Å²) < 4.78 is 0. The summed E-state index contributed by atoms with van der Waals surface area (Å²) in [5.41, 5.74) is 3.33. The summed E-state index contributed by atoms with van der Waals surface area (Å²) in [5.74, 6) is -0.781. The maximum absolute atomic E-state index is 12.7. The molecule has 0 radical (unpaired) electrons. The quantitative estimate of drug-likeness (QED) is 0.533. The molecule has 0 unspecified atom stereocenters. The van der Waals surface area contributed by atoms with E-state index in [1.165, 1.54) is 0 Å². The van der Waals surface area contributed by atoms with Crippen molar-refractivity contribution in [1.29, 1.82) is 0 Å². The lowest BCUT2D eigenvalue weighted by Crippen LogP contribution is -2.19. The Kier molecular flexibility index (Phi) is 6.19. The molecular formula is C22H22N4O3. The van der Waals surface area contributed by atoms with Crippen LogP contribution in [0.1, 0.15) is 44.9 Å². The highest BCUT2D eigenvalue weighted by molar-refractivity contribution is 6.10. The van der Waals surface area contributed by atoms with E-state index in [1.807, 2.05) is 13.0 Å². The number of anilines is 2. The highest BCUT2D eigenvalue weighted by Crippen LogP contribution is 2.21. The normalized spacial score (nSPS) is 10.4. The van der Waals surface area contributed by atoms with Gasteiger partial charge in [0.25, 0.3) is 5.91 Å². The number of carbonyl (C=O) groups excluding carboxylic acids is 3. The molecule has 148 valence electrons. The summed E-state index contributed by atoms with van der Waals surface area (Å²) in [6.07, 6.45) is 0.126. The number of hydrogen-bond acceptors (Lipinski definition) is 4. The lowest BCUT2D eigenvalue weighted by atomic mass is 10.1. The fourth-order valence-corrected chi connectivity index (χ4v) is 2.91. The Labute approximate surface area is 168 Å². The van der Waals surface area contributed by atoms with Crippen molar-refractivity contribution in [1.82, 2.24) is 10.2 Å². The Morgan fingerprint density at radius 2 is 1.59 bits per heavy atom. The van der Waals surface area contributed by atoms with Gasteiger partial charge in [0.15, 0.2) is 5.78 Å². The average molecular weight is 390 g/mol. The molecule has 0 saturated carbocycles. The minimum atomic E-state index is -0.353. The highest BCUT2D eigenvalue weighted by Gasteiger charge is 2.17. The van der Waals surface area contributed by atoms with E-state index in [-0.39, 0.29) is 30.4 Å². The number of ketones is 1. The number of aromatic amines is 1. The molecule has 0 fully saturated rings. The molecule has 2 aromatic carbocycles. The Morgan fingerprint density at radius 1 is 0.897 bits per heavy atom. The summed E-state index contributed by atoms with van der Waals surface area (Å²) in [6.45, 7) is 3.60.